The molecular weight excluding hydrogens is 324 g/mol. The first kappa shape index (κ1) is 19.5. The van der Waals surface area contributed by atoms with Crippen LogP contribution in [0.2, 0.25) is 0 Å². The summed E-state index contributed by atoms with van der Waals surface area (Å²) in [7, 11) is 0. The van der Waals surface area contributed by atoms with Gasteiger partial charge in [0.2, 0.25) is 0 Å². The predicted molar refractivity (Wildman–Crippen MR) is 94.1 cm³/mol. The van der Waals surface area contributed by atoms with Gasteiger partial charge in [-0.15, -0.1) is 0 Å². The van der Waals surface area contributed by atoms with Crippen LogP contribution in [0.4, 0.5) is 0 Å². The third-order valence-corrected chi connectivity index (χ3v) is 2.88. The average molecular weight is 344 g/mol. The van der Waals surface area contributed by atoms with Crippen LogP contribution >= 0.6 is 0 Å². The summed E-state index contributed by atoms with van der Waals surface area (Å²) in [4.78, 5) is 0. The van der Waals surface area contributed by atoms with E-state index in [0.717, 1.165) is 0 Å². The van der Waals surface area contributed by atoms with Gasteiger partial charge in [-0.3, -0.25) is 0 Å². The summed E-state index contributed by atoms with van der Waals surface area (Å²) in [5.41, 5.74) is 0.690. The molecular formula is C19H20O6. The number of phenols is 6. The van der Waals surface area contributed by atoms with Gasteiger partial charge in [-0.05, 0) is 79.2 Å². The molecule has 0 heterocycles. The highest BCUT2D eigenvalue weighted by Crippen LogP contribution is 2.20. The number of aromatic hydroxyl groups is 6. The van der Waals surface area contributed by atoms with Crippen molar-refractivity contribution >= 4 is 0 Å². The van der Waals surface area contributed by atoms with Gasteiger partial charge in [0, 0.05) is 0 Å². The first-order valence-electron chi connectivity index (χ1n) is 7.22. The smallest absolute Gasteiger partial charge is 0.118 e. The zero-order chi connectivity index (χ0) is 18.8. The van der Waals surface area contributed by atoms with E-state index < -0.39 is 0 Å². The highest BCUT2D eigenvalue weighted by atomic mass is 16.3. The minimum Gasteiger partial charge on any atom is -0.508 e. The largest absolute Gasteiger partial charge is 0.508 e. The van der Waals surface area contributed by atoms with Gasteiger partial charge in [0.25, 0.3) is 0 Å². The Kier molecular flexibility index (Phi) is 7.46. The normalized spacial score (nSPS) is 9.16. The SMILES string of the molecule is Cc1cc(O)ccc1O.Oc1ccc(O)cc1.Oc1ccc(O)cc1. The van der Waals surface area contributed by atoms with Crippen molar-refractivity contribution in [2.75, 3.05) is 0 Å². The van der Waals surface area contributed by atoms with Gasteiger partial charge in [-0.1, -0.05) is 0 Å². The first-order valence-corrected chi connectivity index (χ1v) is 7.22. The Morgan fingerprint density at radius 1 is 0.440 bits per heavy atom. The Morgan fingerprint density at radius 2 is 0.720 bits per heavy atom. The molecule has 0 aliphatic heterocycles. The minimum absolute atomic E-state index is 0.169. The molecule has 0 radical (unpaired) electrons. The van der Waals surface area contributed by atoms with Crippen LogP contribution in [0.3, 0.4) is 0 Å². The topological polar surface area (TPSA) is 121 Å². The molecule has 3 rings (SSSR count). The van der Waals surface area contributed by atoms with Crippen molar-refractivity contribution in [2.45, 2.75) is 6.92 Å². The molecule has 0 aromatic heterocycles. The molecule has 0 amide bonds. The van der Waals surface area contributed by atoms with Crippen molar-refractivity contribution in [3.8, 4) is 34.5 Å². The standard InChI is InChI=1S/C7H8O2.2C6H6O2/c1-5-4-6(8)2-3-7(5)9;2*7-5-1-2-6(8)4-3-5/h2-4,8-9H,1H3;2*1-4,7-8H. The Hall–Kier alpha value is -3.54. The molecule has 6 nitrogen and oxygen atoms in total. The van der Waals surface area contributed by atoms with Crippen molar-refractivity contribution in [3.05, 3.63) is 72.3 Å². The lowest BCUT2D eigenvalue weighted by molar-refractivity contribution is 0.456. The summed E-state index contributed by atoms with van der Waals surface area (Å²) in [6.07, 6.45) is 0. The van der Waals surface area contributed by atoms with E-state index in [-0.39, 0.29) is 34.5 Å². The molecule has 25 heavy (non-hydrogen) atoms. The zero-order valence-corrected chi connectivity index (χ0v) is 13.5. The van der Waals surface area contributed by atoms with Gasteiger partial charge in [0.15, 0.2) is 0 Å². The number of phenolic OH excluding ortho intramolecular Hbond substituents is 6. The fourth-order valence-electron chi connectivity index (χ4n) is 1.54. The van der Waals surface area contributed by atoms with Crippen LogP contribution in [0.15, 0.2) is 66.7 Å². The van der Waals surface area contributed by atoms with Gasteiger partial charge < -0.3 is 30.6 Å². The summed E-state index contributed by atoms with van der Waals surface area (Å²) in [6.45, 7) is 1.73. The number of benzene rings is 3. The lowest BCUT2D eigenvalue weighted by atomic mass is 10.2. The molecule has 0 saturated heterocycles. The summed E-state index contributed by atoms with van der Waals surface area (Å²) in [5.74, 6) is 1.08. The van der Waals surface area contributed by atoms with Crippen molar-refractivity contribution in [3.63, 3.8) is 0 Å². The third kappa shape index (κ3) is 8.03. The Balaban J connectivity index is 0.000000188. The number of hydrogen-bond donors (Lipinski definition) is 6. The molecule has 0 saturated carbocycles. The quantitative estimate of drug-likeness (QED) is 0.347. The van der Waals surface area contributed by atoms with Crippen LogP contribution in [-0.4, -0.2) is 30.6 Å². The van der Waals surface area contributed by atoms with E-state index in [0.29, 0.717) is 5.56 Å². The van der Waals surface area contributed by atoms with E-state index in [1.165, 1.54) is 66.7 Å². The summed E-state index contributed by atoms with van der Waals surface area (Å²) < 4.78 is 0. The van der Waals surface area contributed by atoms with E-state index in [1.807, 2.05) is 0 Å². The number of aryl methyl sites for hydroxylation is 1. The van der Waals surface area contributed by atoms with Crippen molar-refractivity contribution < 1.29 is 30.6 Å². The van der Waals surface area contributed by atoms with Gasteiger partial charge in [-0.2, -0.15) is 0 Å². The van der Waals surface area contributed by atoms with Crippen LogP contribution in [0.1, 0.15) is 5.56 Å². The van der Waals surface area contributed by atoms with E-state index in [4.69, 9.17) is 30.6 Å². The lowest BCUT2D eigenvalue weighted by Gasteiger charge is -1.96. The van der Waals surface area contributed by atoms with Gasteiger partial charge in [0.05, 0.1) is 0 Å². The highest BCUT2D eigenvalue weighted by Gasteiger charge is 1.93. The fraction of sp³-hybridized carbons (Fsp3) is 0.0526. The number of hydrogen-bond acceptors (Lipinski definition) is 6. The van der Waals surface area contributed by atoms with Crippen molar-refractivity contribution in [2.24, 2.45) is 0 Å². The second-order valence-corrected chi connectivity index (χ2v) is 5.00. The summed E-state index contributed by atoms with van der Waals surface area (Å²) in [6, 6.07) is 15.8. The van der Waals surface area contributed by atoms with E-state index >= 15 is 0 Å². The number of rotatable bonds is 0. The second kappa shape index (κ2) is 9.57. The van der Waals surface area contributed by atoms with Gasteiger partial charge >= 0.3 is 0 Å². The van der Waals surface area contributed by atoms with E-state index in [9.17, 15) is 0 Å². The Bertz CT molecular complexity index is 681. The molecule has 0 atom stereocenters. The van der Waals surface area contributed by atoms with Crippen LogP contribution in [0.5, 0.6) is 34.5 Å². The summed E-state index contributed by atoms with van der Waals surface area (Å²) >= 11 is 0. The van der Waals surface area contributed by atoms with E-state index in [1.54, 1.807) is 6.92 Å². The lowest BCUT2D eigenvalue weighted by Crippen LogP contribution is -1.71. The maximum Gasteiger partial charge on any atom is 0.118 e. The fourth-order valence-corrected chi connectivity index (χ4v) is 1.54. The Morgan fingerprint density at radius 3 is 0.960 bits per heavy atom. The van der Waals surface area contributed by atoms with Crippen LogP contribution < -0.4 is 0 Å². The molecule has 0 aliphatic carbocycles. The maximum absolute atomic E-state index is 8.93. The molecule has 0 fully saturated rings. The zero-order valence-electron chi connectivity index (χ0n) is 13.5. The molecule has 3 aromatic rings. The van der Waals surface area contributed by atoms with Crippen LogP contribution in [0, 0.1) is 6.92 Å². The van der Waals surface area contributed by atoms with Crippen molar-refractivity contribution in [1.82, 2.24) is 0 Å². The molecule has 6 heteroatoms. The average Bonchev–Trinajstić information content (AvgIpc) is 2.58. The Labute approximate surface area is 145 Å². The monoisotopic (exact) mass is 344 g/mol. The molecule has 6 N–H and O–H groups in total. The predicted octanol–water partition coefficient (Wildman–Crippen LogP) is 3.60. The molecule has 0 aliphatic rings. The molecule has 0 spiro atoms. The maximum atomic E-state index is 8.93. The summed E-state index contributed by atoms with van der Waals surface area (Å²) in [5, 5.41) is 52.3. The molecule has 132 valence electrons. The van der Waals surface area contributed by atoms with E-state index in [2.05, 4.69) is 0 Å². The molecule has 3 aromatic carbocycles. The van der Waals surface area contributed by atoms with Gasteiger partial charge in [-0.25, -0.2) is 0 Å². The van der Waals surface area contributed by atoms with Crippen molar-refractivity contribution in [1.29, 1.82) is 0 Å². The molecule has 0 bridgehead atoms. The highest BCUT2D eigenvalue weighted by molar-refractivity contribution is 5.37. The minimum atomic E-state index is 0.169. The van der Waals surface area contributed by atoms with Gasteiger partial charge in [0.1, 0.15) is 34.5 Å². The second-order valence-electron chi connectivity index (χ2n) is 5.00. The first-order chi connectivity index (χ1) is 11.8. The van der Waals surface area contributed by atoms with Crippen LogP contribution in [-0.2, 0) is 0 Å². The van der Waals surface area contributed by atoms with Crippen LogP contribution in [0.25, 0.3) is 0 Å². The molecule has 0 unspecified atom stereocenters. The third-order valence-electron chi connectivity index (χ3n) is 2.88.